The minimum Gasteiger partial charge on any atom is -0.366 e. The van der Waals surface area contributed by atoms with Crippen LogP contribution in [0.15, 0.2) is 6.07 Å². The Hall–Kier alpha value is -1.40. The number of aryl methyl sites for hydroxylation is 1. The van der Waals surface area contributed by atoms with Crippen LogP contribution in [0.5, 0.6) is 0 Å². The summed E-state index contributed by atoms with van der Waals surface area (Å²) in [7, 11) is 0. The second-order valence-corrected chi connectivity index (χ2v) is 7.22. The first-order valence-corrected chi connectivity index (χ1v) is 8.50. The van der Waals surface area contributed by atoms with E-state index in [2.05, 4.69) is 40.6 Å². The van der Waals surface area contributed by atoms with Crippen LogP contribution in [0.25, 0.3) is 10.2 Å². The van der Waals surface area contributed by atoms with Gasteiger partial charge in [0.1, 0.15) is 10.6 Å². The Morgan fingerprint density at radius 3 is 2.86 bits per heavy atom. The van der Waals surface area contributed by atoms with Gasteiger partial charge in [0.25, 0.3) is 0 Å². The highest BCUT2D eigenvalue weighted by molar-refractivity contribution is 7.18. The van der Waals surface area contributed by atoms with Crippen LogP contribution in [0.3, 0.4) is 0 Å². The van der Waals surface area contributed by atoms with Gasteiger partial charge in [0.15, 0.2) is 0 Å². The monoisotopic (exact) mass is 305 g/mol. The Morgan fingerprint density at radius 1 is 1.24 bits per heavy atom. The predicted octanol–water partition coefficient (Wildman–Crippen LogP) is 3.67. The number of nitrogens with two attached hydrogens (primary N) is 1. The van der Waals surface area contributed by atoms with Crippen LogP contribution < -0.4 is 16.6 Å². The molecule has 114 valence electrons. The van der Waals surface area contributed by atoms with Crippen molar-refractivity contribution >= 4 is 33.3 Å². The molecule has 3 rings (SSSR count). The number of thiophene rings is 1. The molecule has 2 aromatic rings. The van der Waals surface area contributed by atoms with Gasteiger partial charge in [-0.05, 0) is 31.7 Å². The topological polar surface area (TPSA) is 75.9 Å². The summed E-state index contributed by atoms with van der Waals surface area (Å²) in [5.74, 6) is 7.57. The van der Waals surface area contributed by atoms with Crippen molar-refractivity contribution in [2.45, 2.75) is 52.0 Å². The summed E-state index contributed by atoms with van der Waals surface area (Å²) in [6.07, 6.45) is 6.47. The lowest BCUT2D eigenvalue weighted by Gasteiger charge is -2.23. The third-order valence-electron chi connectivity index (χ3n) is 4.33. The Morgan fingerprint density at radius 2 is 2.05 bits per heavy atom. The van der Waals surface area contributed by atoms with Crippen LogP contribution in [0.4, 0.5) is 11.8 Å². The lowest BCUT2D eigenvalue weighted by atomic mass is 9.97. The molecule has 1 saturated carbocycles. The van der Waals surface area contributed by atoms with Gasteiger partial charge < -0.3 is 5.32 Å². The number of fused-ring (bicyclic) bond motifs is 1. The summed E-state index contributed by atoms with van der Waals surface area (Å²) in [4.78, 5) is 11.2. The van der Waals surface area contributed by atoms with E-state index in [4.69, 9.17) is 5.84 Å². The van der Waals surface area contributed by atoms with E-state index in [0.717, 1.165) is 16.0 Å². The summed E-state index contributed by atoms with van der Waals surface area (Å²) in [5.41, 5.74) is 2.57. The summed E-state index contributed by atoms with van der Waals surface area (Å²) in [6, 6.07) is 2.64. The summed E-state index contributed by atoms with van der Waals surface area (Å²) >= 11 is 1.68. The zero-order chi connectivity index (χ0) is 14.8. The Balaban J connectivity index is 1.94. The summed E-state index contributed by atoms with van der Waals surface area (Å²) < 4.78 is 0. The molecule has 0 bridgehead atoms. The maximum Gasteiger partial charge on any atom is 0.240 e. The van der Waals surface area contributed by atoms with Crippen LogP contribution in [-0.2, 0) is 0 Å². The first-order valence-electron chi connectivity index (χ1n) is 7.68. The number of rotatable bonds is 3. The van der Waals surface area contributed by atoms with Gasteiger partial charge in [0.2, 0.25) is 5.95 Å². The molecule has 0 aliphatic heterocycles. The zero-order valence-electron chi connectivity index (χ0n) is 12.6. The van der Waals surface area contributed by atoms with E-state index in [9.17, 15) is 0 Å². The molecule has 2 heterocycles. The van der Waals surface area contributed by atoms with Gasteiger partial charge in [-0.1, -0.05) is 26.2 Å². The molecular weight excluding hydrogens is 282 g/mol. The van der Waals surface area contributed by atoms with E-state index in [1.54, 1.807) is 11.3 Å². The zero-order valence-corrected chi connectivity index (χ0v) is 13.5. The Kier molecular flexibility index (Phi) is 4.26. The molecule has 0 amide bonds. The fourth-order valence-electron chi connectivity index (χ4n) is 3.10. The molecule has 1 aliphatic rings. The molecule has 4 N–H and O–H groups in total. The number of aromatic nitrogens is 2. The van der Waals surface area contributed by atoms with E-state index >= 15 is 0 Å². The molecule has 2 atom stereocenters. The second kappa shape index (κ2) is 6.15. The second-order valence-electron chi connectivity index (χ2n) is 5.98. The fraction of sp³-hybridized carbons (Fsp3) is 0.600. The highest BCUT2D eigenvalue weighted by Gasteiger charge is 2.21. The summed E-state index contributed by atoms with van der Waals surface area (Å²) in [6.45, 7) is 4.43. The largest absolute Gasteiger partial charge is 0.366 e. The van der Waals surface area contributed by atoms with Crippen LogP contribution >= 0.6 is 11.3 Å². The number of nitrogens with zero attached hydrogens (tertiary/aromatic N) is 2. The number of hydrogen-bond donors (Lipinski definition) is 3. The molecule has 1 fully saturated rings. The van der Waals surface area contributed by atoms with Gasteiger partial charge in [0, 0.05) is 10.9 Å². The highest BCUT2D eigenvalue weighted by atomic mass is 32.1. The van der Waals surface area contributed by atoms with Crippen LogP contribution in [0.2, 0.25) is 0 Å². The quantitative estimate of drug-likeness (QED) is 0.458. The Labute approximate surface area is 129 Å². The van der Waals surface area contributed by atoms with Crippen LogP contribution in [0.1, 0.15) is 43.9 Å². The summed E-state index contributed by atoms with van der Waals surface area (Å²) in [5, 5.41) is 4.77. The molecule has 0 spiro atoms. The van der Waals surface area contributed by atoms with Gasteiger partial charge in [-0.2, -0.15) is 4.98 Å². The van der Waals surface area contributed by atoms with Crippen molar-refractivity contribution in [1.29, 1.82) is 0 Å². The van der Waals surface area contributed by atoms with Gasteiger partial charge in [-0.25, -0.2) is 10.8 Å². The molecule has 0 radical (unpaired) electrons. The number of hydrogen-bond acceptors (Lipinski definition) is 6. The molecule has 21 heavy (non-hydrogen) atoms. The first-order chi connectivity index (χ1) is 10.2. The molecular formula is C15H23N5S. The number of nitrogen functional groups attached to an aromatic ring is 1. The van der Waals surface area contributed by atoms with Gasteiger partial charge in [0.05, 0.1) is 5.39 Å². The van der Waals surface area contributed by atoms with Crippen molar-refractivity contribution in [3.8, 4) is 0 Å². The molecule has 5 nitrogen and oxygen atoms in total. The van der Waals surface area contributed by atoms with E-state index in [1.165, 1.54) is 37.0 Å². The lowest BCUT2D eigenvalue weighted by molar-refractivity contribution is 0.456. The molecule has 6 heteroatoms. The van der Waals surface area contributed by atoms with Crippen LogP contribution in [-0.4, -0.2) is 16.0 Å². The molecule has 2 unspecified atom stereocenters. The minimum atomic E-state index is 0.480. The number of hydrazine groups is 1. The van der Waals surface area contributed by atoms with Crippen molar-refractivity contribution in [2.24, 2.45) is 11.8 Å². The molecule has 0 aromatic carbocycles. The maximum absolute atomic E-state index is 5.50. The van der Waals surface area contributed by atoms with Gasteiger partial charge in [-0.15, -0.1) is 11.3 Å². The SMILES string of the molecule is Cc1cc2c(NC3CCCCCC3C)nc(NN)nc2s1. The minimum absolute atomic E-state index is 0.480. The first kappa shape index (κ1) is 14.5. The van der Waals surface area contributed by atoms with E-state index in [0.29, 0.717) is 17.9 Å². The van der Waals surface area contributed by atoms with Crippen molar-refractivity contribution in [3.63, 3.8) is 0 Å². The fourth-order valence-corrected chi connectivity index (χ4v) is 3.98. The average Bonchev–Trinajstić information content (AvgIpc) is 2.73. The highest BCUT2D eigenvalue weighted by Crippen LogP contribution is 2.32. The van der Waals surface area contributed by atoms with Gasteiger partial charge in [-0.3, -0.25) is 5.43 Å². The number of nitrogens with one attached hydrogen (secondary N) is 2. The third kappa shape index (κ3) is 3.11. The normalized spacial score (nSPS) is 23.0. The molecule has 0 saturated heterocycles. The van der Waals surface area contributed by atoms with Crippen molar-refractivity contribution < 1.29 is 0 Å². The van der Waals surface area contributed by atoms with Crippen molar-refractivity contribution in [1.82, 2.24) is 9.97 Å². The van der Waals surface area contributed by atoms with Crippen molar-refractivity contribution in [2.75, 3.05) is 10.7 Å². The van der Waals surface area contributed by atoms with E-state index < -0.39 is 0 Å². The van der Waals surface area contributed by atoms with Crippen LogP contribution in [0, 0.1) is 12.8 Å². The third-order valence-corrected chi connectivity index (χ3v) is 5.27. The smallest absolute Gasteiger partial charge is 0.240 e. The van der Waals surface area contributed by atoms with Gasteiger partial charge >= 0.3 is 0 Å². The predicted molar refractivity (Wildman–Crippen MR) is 89.6 cm³/mol. The standard InChI is InChI=1S/C15H23N5S/c1-9-6-4-3-5-7-12(9)17-13-11-8-10(2)21-14(11)19-15(18-13)20-16/h8-9,12H,3-7,16H2,1-2H3,(H2,17,18,19,20). The molecule has 1 aliphatic carbocycles. The lowest BCUT2D eigenvalue weighted by Crippen LogP contribution is -2.27. The van der Waals surface area contributed by atoms with Crippen molar-refractivity contribution in [3.05, 3.63) is 10.9 Å². The number of anilines is 2. The Bertz CT molecular complexity index is 624. The average molecular weight is 305 g/mol. The van der Waals surface area contributed by atoms with E-state index in [1.807, 2.05) is 0 Å². The maximum atomic E-state index is 5.50. The molecule has 2 aromatic heterocycles. The van der Waals surface area contributed by atoms with E-state index in [-0.39, 0.29) is 0 Å².